The zero-order chi connectivity index (χ0) is 16.9. The number of carbonyl (C=O) groups is 2. The predicted octanol–water partition coefficient (Wildman–Crippen LogP) is 2.89. The molecule has 1 aromatic heterocycles. The molecule has 0 atom stereocenters. The van der Waals surface area contributed by atoms with E-state index in [1.54, 1.807) is 4.90 Å². The predicted molar refractivity (Wildman–Crippen MR) is 83.6 cm³/mol. The van der Waals surface area contributed by atoms with Crippen molar-refractivity contribution in [3.63, 3.8) is 0 Å². The second-order valence-corrected chi connectivity index (χ2v) is 5.67. The fraction of sp³-hybridized carbons (Fsp3) is 0.353. The summed E-state index contributed by atoms with van der Waals surface area (Å²) in [4.78, 5) is 28.6. The SMILES string of the molecule is O=C(O)c1cnc(C2CCN(C(=O)OCc3ccccc3)CC2)o1. The Balaban J connectivity index is 1.49. The van der Waals surface area contributed by atoms with Crippen molar-refractivity contribution in [1.82, 2.24) is 9.88 Å². The van der Waals surface area contributed by atoms with Gasteiger partial charge in [-0.3, -0.25) is 0 Å². The Morgan fingerprint density at radius 2 is 1.96 bits per heavy atom. The number of piperidine rings is 1. The standard InChI is InChI=1S/C17H18N2O5/c20-16(21)14-10-18-15(24-14)13-6-8-19(9-7-13)17(22)23-11-12-4-2-1-3-5-12/h1-5,10,13H,6-9,11H2,(H,20,21). The Labute approximate surface area is 138 Å². The minimum atomic E-state index is -1.13. The Kier molecular flexibility index (Phi) is 4.79. The first-order valence-corrected chi connectivity index (χ1v) is 7.78. The van der Waals surface area contributed by atoms with Gasteiger partial charge >= 0.3 is 12.1 Å². The number of aromatic nitrogens is 1. The molecule has 1 saturated heterocycles. The van der Waals surface area contributed by atoms with Gasteiger partial charge in [0.1, 0.15) is 6.61 Å². The number of oxazole rings is 1. The maximum atomic E-state index is 12.1. The summed E-state index contributed by atoms with van der Waals surface area (Å²) in [6, 6.07) is 9.52. The summed E-state index contributed by atoms with van der Waals surface area (Å²) >= 11 is 0. The summed E-state index contributed by atoms with van der Waals surface area (Å²) in [5.74, 6) is -0.841. The lowest BCUT2D eigenvalue weighted by Crippen LogP contribution is -2.38. The van der Waals surface area contributed by atoms with Crippen LogP contribution in [0.3, 0.4) is 0 Å². The van der Waals surface area contributed by atoms with Crippen LogP contribution in [0.25, 0.3) is 0 Å². The summed E-state index contributed by atoms with van der Waals surface area (Å²) in [6.45, 7) is 1.31. The van der Waals surface area contributed by atoms with Gasteiger partial charge in [0.25, 0.3) is 0 Å². The van der Waals surface area contributed by atoms with Crippen LogP contribution in [0.4, 0.5) is 4.79 Å². The molecule has 7 heteroatoms. The highest BCUT2D eigenvalue weighted by molar-refractivity contribution is 5.83. The maximum Gasteiger partial charge on any atom is 0.410 e. The second-order valence-electron chi connectivity index (χ2n) is 5.67. The third-order valence-electron chi connectivity index (χ3n) is 4.04. The smallest absolute Gasteiger partial charge is 0.410 e. The molecule has 0 aliphatic carbocycles. The van der Waals surface area contributed by atoms with E-state index in [9.17, 15) is 9.59 Å². The van der Waals surface area contributed by atoms with E-state index in [1.807, 2.05) is 30.3 Å². The molecule has 126 valence electrons. The number of likely N-dealkylation sites (tertiary alicyclic amines) is 1. The van der Waals surface area contributed by atoms with Crippen molar-refractivity contribution >= 4 is 12.1 Å². The van der Waals surface area contributed by atoms with Gasteiger partial charge in [0.2, 0.25) is 5.76 Å². The van der Waals surface area contributed by atoms with Gasteiger partial charge in [0, 0.05) is 19.0 Å². The van der Waals surface area contributed by atoms with Gasteiger partial charge in [-0.25, -0.2) is 14.6 Å². The highest BCUT2D eigenvalue weighted by Crippen LogP contribution is 2.28. The molecule has 2 aromatic rings. The van der Waals surface area contributed by atoms with Gasteiger partial charge in [-0.2, -0.15) is 0 Å². The monoisotopic (exact) mass is 330 g/mol. The van der Waals surface area contributed by atoms with Gasteiger partial charge in [-0.05, 0) is 18.4 Å². The number of hydrogen-bond acceptors (Lipinski definition) is 5. The van der Waals surface area contributed by atoms with E-state index in [0.29, 0.717) is 31.8 Å². The third kappa shape index (κ3) is 3.73. The number of nitrogens with zero attached hydrogens (tertiary/aromatic N) is 2. The van der Waals surface area contributed by atoms with Crippen molar-refractivity contribution in [1.29, 1.82) is 0 Å². The zero-order valence-electron chi connectivity index (χ0n) is 13.1. The Bertz CT molecular complexity index is 705. The fourth-order valence-corrected chi connectivity index (χ4v) is 2.69. The fourth-order valence-electron chi connectivity index (χ4n) is 2.69. The van der Waals surface area contributed by atoms with Gasteiger partial charge in [-0.15, -0.1) is 0 Å². The molecule has 1 aliphatic rings. The van der Waals surface area contributed by atoms with Crippen LogP contribution in [0.5, 0.6) is 0 Å². The summed E-state index contributed by atoms with van der Waals surface area (Å²) in [5, 5.41) is 8.86. The lowest BCUT2D eigenvalue weighted by molar-refractivity contribution is 0.0658. The Morgan fingerprint density at radius 3 is 2.58 bits per heavy atom. The average molecular weight is 330 g/mol. The first kappa shape index (κ1) is 16.0. The molecule has 1 aromatic carbocycles. The summed E-state index contributed by atoms with van der Waals surface area (Å²) in [5.41, 5.74) is 0.946. The number of carboxylic acid groups (broad SMARTS) is 1. The number of benzene rings is 1. The Morgan fingerprint density at radius 1 is 1.25 bits per heavy atom. The van der Waals surface area contributed by atoms with E-state index >= 15 is 0 Å². The van der Waals surface area contributed by atoms with Crippen molar-refractivity contribution in [2.24, 2.45) is 0 Å². The number of hydrogen-bond donors (Lipinski definition) is 1. The highest BCUT2D eigenvalue weighted by atomic mass is 16.6. The van der Waals surface area contributed by atoms with Crippen molar-refractivity contribution in [3.05, 3.63) is 53.7 Å². The molecule has 0 saturated carbocycles. The molecule has 1 fully saturated rings. The number of aromatic carboxylic acids is 1. The summed E-state index contributed by atoms with van der Waals surface area (Å²) in [6.07, 6.45) is 2.22. The molecular formula is C17H18N2O5. The maximum absolute atomic E-state index is 12.1. The molecule has 1 aliphatic heterocycles. The minimum Gasteiger partial charge on any atom is -0.475 e. The molecule has 2 heterocycles. The molecule has 3 rings (SSSR count). The van der Waals surface area contributed by atoms with Crippen LogP contribution < -0.4 is 0 Å². The van der Waals surface area contributed by atoms with Crippen LogP contribution in [0.1, 0.15) is 40.8 Å². The van der Waals surface area contributed by atoms with Crippen molar-refractivity contribution in [3.8, 4) is 0 Å². The minimum absolute atomic E-state index is 0.0243. The van der Waals surface area contributed by atoms with Gasteiger partial charge < -0.3 is 19.2 Å². The number of rotatable bonds is 4. The number of ether oxygens (including phenoxy) is 1. The van der Waals surface area contributed by atoms with Crippen LogP contribution in [0, 0.1) is 0 Å². The van der Waals surface area contributed by atoms with Crippen LogP contribution in [0.15, 0.2) is 40.9 Å². The average Bonchev–Trinajstić information content (AvgIpc) is 3.11. The zero-order valence-corrected chi connectivity index (χ0v) is 13.1. The number of carboxylic acids is 1. The van der Waals surface area contributed by atoms with Crippen LogP contribution in [-0.2, 0) is 11.3 Å². The first-order valence-electron chi connectivity index (χ1n) is 7.78. The molecule has 7 nitrogen and oxygen atoms in total. The van der Waals surface area contributed by atoms with Crippen molar-refractivity contribution in [2.45, 2.75) is 25.4 Å². The molecular weight excluding hydrogens is 312 g/mol. The van der Waals surface area contributed by atoms with Crippen LogP contribution in [0.2, 0.25) is 0 Å². The Hall–Kier alpha value is -2.83. The summed E-state index contributed by atoms with van der Waals surface area (Å²) in [7, 11) is 0. The molecule has 24 heavy (non-hydrogen) atoms. The topological polar surface area (TPSA) is 92.9 Å². The molecule has 0 bridgehead atoms. The summed E-state index contributed by atoms with van der Waals surface area (Å²) < 4.78 is 10.6. The van der Waals surface area contributed by atoms with Crippen molar-refractivity contribution in [2.75, 3.05) is 13.1 Å². The second kappa shape index (κ2) is 7.16. The van der Waals surface area contributed by atoms with E-state index in [1.165, 1.54) is 6.20 Å². The van der Waals surface area contributed by atoms with E-state index in [0.717, 1.165) is 5.56 Å². The molecule has 0 radical (unpaired) electrons. The number of carbonyl (C=O) groups excluding carboxylic acids is 1. The van der Waals surface area contributed by atoms with Crippen LogP contribution >= 0.6 is 0 Å². The largest absolute Gasteiger partial charge is 0.475 e. The third-order valence-corrected chi connectivity index (χ3v) is 4.04. The lowest BCUT2D eigenvalue weighted by atomic mass is 9.97. The molecule has 0 spiro atoms. The van der Waals surface area contributed by atoms with Gasteiger partial charge in [0.15, 0.2) is 5.89 Å². The van der Waals surface area contributed by atoms with Gasteiger partial charge in [-0.1, -0.05) is 30.3 Å². The molecule has 1 N–H and O–H groups in total. The van der Waals surface area contributed by atoms with E-state index in [4.69, 9.17) is 14.3 Å². The lowest BCUT2D eigenvalue weighted by Gasteiger charge is -2.29. The van der Waals surface area contributed by atoms with E-state index in [2.05, 4.69) is 4.98 Å². The van der Waals surface area contributed by atoms with Crippen molar-refractivity contribution < 1.29 is 23.8 Å². The van der Waals surface area contributed by atoms with Gasteiger partial charge in [0.05, 0.1) is 6.20 Å². The molecule has 0 unspecified atom stereocenters. The normalized spacial score (nSPS) is 15.2. The number of amides is 1. The van der Waals surface area contributed by atoms with E-state index in [-0.39, 0.29) is 24.4 Å². The van der Waals surface area contributed by atoms with E-state index < -0.39 is 5.97 Å². The quantitative estimate of drug-likeness (QED) is 0.926. The van der Waals surface area contributed by atoms with Crippen LogP contribution in [-0.4, -0.2) is 40.1 Å². The molecule has 1 amide bonds. The first-order chi connectivity index (χ1) is 11.6. The highest BCUT2D eigenvalue weighted by Gasteiger charge is 2.28.